The lowest BCUT2D eigenvalue weighted by Gasteiger charge is -2.28. The molecule has 0 radical (unpaired) electrons. The highest BCUT2D eigenvalue weighted by molar-refractivity contribution is 5.88. The Morgan fingerprint density at radius 3 is 2.64 bits per heavy atom. The molecule has 0 aliphatic carbocycles. The first kappa shape index (κ1) is 18.7. The fraction of sp³-hybridized carbons (Fsp3) is 0.409. The van der Waals surface area contributed by atoms with Gasteiger partial charge >= 0.3 is 0 Å². The lowest BCUT2D eigenvalue weighted by molar-refractivity contribution is 0.220. The number of nitrogens with zero attached hydrogens (tertiary/aromatic N) is 4. The van der Waals surface area contributed by atoms with Gasteiger partial charge in [0.1, 0.15) is 5.69 Å². The van der Waals surface area contributed by atoms with E-state index in [1.807, 2.05) is 24.4 Å². The smallest absolute Gasteiger partial charge is 0.220 e. The summed E-state index contributed by atoms with van der Waals surface area (Å²) in [7, 11) is 0. The van der Waals surface area contributed by atoms with Crippen LogP contribution >= 0.6 is 0 Å². The van der Waals surface area contributed by atoms with E-state index in [0.29, 0.717) is 11.5 Å². The molecule has 0 amide bonds. The number of halogens is 1. The van der Waals surface area contributed by atoms with E-state index in [2.05, 4.69) is 33.7 Å². The zero-order valence-electron chi connectivity index (χ0n) is 16.5. The Morgan fingerprint density at radius 1 is 1.11 bits per heavy atom. The van der Waals surface area contributed by atoms with Crippen molar-refractivity contribution in [3.05, 3.63) is 47.5 Å². The lowest BCUT2D eigenvalue weighted by Crippen LogP contribution is -2.29. The highest BCUT2D eigenvalue weighted by Gasteiger charge is 2.18. The summed E-state index contributed by atoms with van der Waals surface area (Å²) in [5, 5.41) is 1.05. The molecule has 1 aliphatic heterocycles. The minimum atomic E-state index is -0.475. The van der Waals surface area contributed by atoms with Crippen LogP contribution in [0.1, 0.15) is 50.2 Å². The van der Waals surface area contributed by atoms with Gasteiger partial charge in [0.15, 0.2) is 5.82 Å². The SMILES string of the molecule is CC(C)c1c(CN2CCCCC2)cnc2ccc(-c3nc(N)ncc3F)cc12. The number of piperidine rings is 1. The Kier molecular flexibility index (Phi) is 5.22. The summed E-state index contributed by atoms with van der Waals surface area (Å²) >= 11 is 0. The Morgan fingerprint density at radius 2 is 1.89 bits per heavy atom. The van der Waals surface area contributed by atoms with Crippen molar-refractivity contribution in [2.24, 2.45) is 0 Å². The van der Waals surface area contributed by atoms with Crippen LogP contribution in [-0.2, 0) is 6.54 Å². The fourth-order valence-corrected chi connectivity index (χ4v) is 4.15. The third-order valence-electron chi connectivity index (χ3n) is 5.45. The topological polar surface area (TPSA) is 67.9 Å². The van der Waals surface area contributed by atoms with E-state index in [0.717, 1.165) is 36.7 Å². The van der Waals surface area contributed by atoms with Gasteiger partial charge in [-0.15, -0.1) is 0 Å². The number of hydrogen-bond donors (Lipinski definition) is 1. The van der Waals surface area contributed by atoms with Crippen LogP contribution in [0.25, 0.3) is 22.2 Å². The highest BCUT2D eigenvalue weighted by atomic mass is 19.1. The maximum atomic E-state index is 14.3. The number of fused-ring (bicyclic) bond motifs is 1. The molecular weight excluding hydrogens is 353 g/mol. The molecule has 2 aromatic heterocycles. The van der Waals surface area contributed by atoms with Crippen LogP contribution in [0, 0.1) is 5.82 Å². The highest BCUT2D eigenvalue weighted by Crippen LogP contribution is 2.32. The largest absolute Gasteiger partial charge is 0.368 e. The Hall–Kier alpha value is -2.60. The predicted octanol–water partition coefficient (Wildman–Crippen LogP) is 4.52. The van der Waals surface area contributed by atoms with Crippen molar-refractivity contribution in [2.45, 2.75) is 45.6 Å². The molecular formula is C22H26FN5. The minimum absolute atomic E-state index is 0.0672. The van der Waals surface area contributed by atoms with Gasteiger partial charge in [-0.05, 0) is 55.1 Å². The van der Waals surface area contributed by atoms with E-state index >= 15 is 0 Å². The molecule has 2 N–H and O–H groups in total. The van der Waals surface area contributed by atoms with E-state index in [9.17, 15) is 4.39 Å². The van der Waals surface area contributed by atoms with Crippen molar-refractivity contribution in [2.75, 3.05) is 18.8 Å². The second-order valence-corrected chi connectivity index (χ2v) is 7.85. The molecule has 3 heterocycles. The van der Waals surface area contributed by atoms with Crippen molar-refractivity contribution in [3.63, 3.8) is 0 Å². The summed E-state index contributed by atoms with van der Waals surface area (Å²) in [5.41, 5.74) is 10.0. The van der Waals surface area contributed by atoms with Crippen LogP contribution in [0.5, 0.6) is 0 Å². The molecule has 0 atom stereocenters. The molecule has 3 aromatic rings. The van der Waals surface area contributed by atoms with Gasteiger partial charge in [0, 0.05) is 23.7 Å². The van der Waals surface area contributed by atoms with Gasteiger partial charge in [0.25, 0.3) is 0 Å². The number of anilines is 1. The number of nitrogen functional groups attached to an aromatic ring is 1. The molecule has 6 heteroatoms. The normalized spacial score (nSPS) is 15.4. The average Bonchev–Trinajstić information content (AvgIpc) is 2.69. The van der Waals surface area contributed by atoms with Gasteiger partial charge in [-0.2, -0.15) is 0 Å². The number of likely N-dealkylation sites (tertiary alicyclic amines) is 1. The number of nitrogens with two attached hydrogens (primary N) is 1. The maximum absolute atomic E-state index is 14.3. The molecule has 5 nitrogen and oxygen atoms in total. The van der Waals surface area contributed by atoms with E-state index < -0.39 is 5.82 Å². The second-order valence-electron chi connectivity index (χ2n) is 7.85. The molecule has 4 rings (SSSR count). The van der Waals surface area contributed by atoms with Crippen molar-refractivity contribution in [1.29, 1.82) is 0 Å². The van der Waals surface area contributed by atoms with Crippen LogP contribution in [0.3, 0.4) is 0 Å². The first-order valence-electron chi connectivity index (χ1n) is 9.95. The Balaban J connectivity index is 1.82. The van der Waals surface area contributed by atoms with Crippen molar-refractivity contribution < 1.29 is 4.39 Å². The molecule has 28 heavy (non-hydrogen) atoms. The fourth-order valence-electron chi connectivity index (χ4n) is 4.15. The van der Waals surface area contributed by atoms with Crippen LogP contribution in [0.15, 0.2) is 30.6 Å². The monoisotopic (exact) mass is 379 g/mol. The van der Waals surface area contributed by atoms with E-state index in [1.165, 1.54) is 30.4 Å². The number of hydrogen-bond acceptors (Lipinski definition) is 5. The molecule has 1 fully saturated rings. The quantitative estimate of drug-likeness (QED) is 0.722. The average molecular weight is 379 g/mol. The summed E-state index contributed by atoms with van der Waals surface area (Å²) in [6, 6.07) is 5.76. The van der Waals surface area contributed by atoms with Crippen molar-refractivity contribution in [1.82, 2.24) is 19.9 Å². The number of pyridine rings is 1. The van der Waals surface area contributed by atoms with Gasteiger partial charge in [-0.25, -0.2) is 14.4 Å². The minimum Gasteiger partial charge on any atom is -0.368 e. The standard InChI is InChI=1S/C22H26FN5/c1-14(2)20-16(13-28-8-4-3-5-9-28)11-25-19-7-6-15(10-17(19)20)21-18(23)12-26-22(24)27-21/h6-7,10-12,14H,3-5,8-9,13H2,1-2H3,(H2,24,26,27). The number of aromatic nitrogens is 3. The van der Waals surface area contributed by atoms with Crippen LogP contribution < -0.4 is 5.73 Å². The Labute approximate surface area is 164 Å². The van der Waals surface area contributed by atoms with Gasteiger partial charge in [-0.3, -0.25) is 9.88 Å². The summed E-state index contributed by atoms with van der Waals surface area (Å²) < 4.78 is 14.3. The maximum Gasteiger partial charge on any atom is 0.220 e. The Bertz CT molecular complexity index is 996. The molecule has 1 saturated heterocycles. The van der Waals surface area contributed by atoms with Gasteiger partial charge in [-0.1, -0.05) is 26.3 Å². The third-order valence-corrected chi connectivity index (χ3v) is 5.45. The second kappa shape index (κ2) is 7.80. The van der Waals surface area contributed by atoms with Crippen LogP contribution in [0.2, 0.25) is 0 Å². The lowest BCUT2D eigenvalue weighted by atomic mass is 9.92. The molecule has 0 spiro atoms. The predicted molar refractivity (Wildman–Crippen MR) is 110 cm³/mol. The van der Waals surface area contributed by atoms with Crippen molar-refractivity contribution >= 4 is 16.9 Å². The molecule has 0 unspecified atom stereocenters. The van der Waals surface area contributed by atoms with Gasteiger partial charge in [0.2, 0.25) is 5.95 Å². The summed E-state index contributed by atoms with van der Waals surface area (Å²) in [6.07, 6.45) is 6.97. The van der Waals surface area contributed by atoms with Crippen LogP contribution in [0.4, 0.5) is 10.3 Å². The summed E-state index contributed by atoms with van der Waals surface area (Å²) in [4.78, 5) is 15.0. The van der Waals surface area contributed by atoms with Crippen molar-refractivity contribution in [3.8, 4) is 11.3 Å². The molecule has 0 saturated carbocycles. The van der Waals surface area contributed by atoms with Gasteiger partial charge < -0.3 is 5.73 Å². The van der Waals surface area contributed by atoms with E-state index in [4.69, 9.17) is 5.73 Å². The summed E-state index contributed by atoms with van der Waals surface area (Å²) in [6.45, 7) is 7.59. The first-order valence-corrected chi connectivity index (χ1v) is 9.95. The zero-order valence-corrected chi connectivity index (χ0v) is 16.5. The van der Waals surface area contributed by atoms with E-state index in [1.54, 1.807) is 0 Å². The van der Waals surface area contributed by atoms with Crippen LogP contribution in [-0.4, -0.2) is 32.9 Å². The molecule has 1 aliphatic rings. The molecule has 0 bridgehead atoms. The molecule has 1 aromatic carbocycles. The summed E-state index contributed by atoms with van der Waals surface area (Å²) in [5.74, 6) is -0.0736. The number of benzene rings is 1. The zero-order chi connectivity index (χ0) is 19.7. The molecule has 146 valence electrons. The van der Waals surface area contributed by atoms with E-state index in [-0.39, 0.29) is 11.6 Å². The van der Waals surface area contributed by atoms with Gasteiger partial charge in [0.05, 0.1) is 11.7 Å². The third kappa shape index (κ3) is 3.69. The number of rotatable bonds is 4. The first-order chi connectivity index (χ1) is 13.5.